The van der Waals surface area contributed by atoms with Crippen LogP contribution >= 0.6 is 0 Å². The van der Waals surface area contributed by atoms with E-state index in [9.17, 15) is 0 Å². The van der Waals surface area contributed by atoms with Gasteiger partial charge in [-0.2, -0.15) is 0 Å². The van der Waals surface area contributed by atoms with E-state index in [0.29, 0.717) is 0 Å². The number of aryl methyl sites for hydroxylation is 1. The summed E-state index contributed by atoms with van der Waals surface area (Å²) in [6, 6.07) is 6.20. The van der Waals surface area contributed by atoms with Crippen molar-refractivity contribution in [2.75, 3.05) is 32.5 Å². The van der Waals surface area contributed by atoms with Gasteiger partial charge in [0.25, 0.3) is 0 Å². The third-order valence-electron chi connectivity index (χ3n) is 2.61. The number of hydrogen-bond acceptors (Lipinski definition) is 3. The number of rotatable bonds is 6. The first-order valence-electron chi connectivity index (χ1n) is 5.74. The zero-order valence-corrected chi connectivity index (χ0v) is 10.5. The fourth-order valence-corrected chi connectivity index (χ4v) is 1.59. The molecule has 90 valence electrons. The Labute approximate surface area is 98.2 Å². The molecule has 0 fully saturated rings. The molecule has 0 unspecified atom stereocenters. The Hall–Kier alpha value is -1.06. The zero-order valence-electron chi connectivity index (χ0n) is 10.5. The minimum atomic E-state index is 0.787. The number of hydrogen-bond donors (Lipinski definition) is 1. The van der Waals surface area contributed by atoms with E-state index in [1.165, 1.54) is 5.56 Å². The number of anilines is 1. The Morgan fingerprint density at radius 2 is 2.12 bits per heavy atom. The Morgan fingerprint density at radius 3 is 2.75 bits per heavy atom. The molecule has 0 saturated carbocycles. The second-order valence-corrected chi connectivity index (χ2v) is 4.13. The largest absolute Gasteiger partial charge is 0.399 e. The Bertz CT molecular complexity index is 326. The van der Waals surface area contributed by atoms with Gasteiger partial charge in [-0.1, -0.05) is 12.1 Å². The van der Waals surface area contributed by atoms with E-state index in [0.717, 1.165) is 37.6 Å². The van der Waals surface area contributed by atoms with Crippen LogP contribution in [0.15, 0.2) is 18.2 Å². The van der Waals surface area contributed by atoms with Gasteiger partial charge in [0, 0.05) is 25.4 Å². The van der Waals surface area contributed by atoms with Crippen molar-refractivity contribution in [1.29, 1.82) is 0 Å². The Morgan fingerprint density at radius 1 is 1.38 bits per heavy atom. The van der Waals surface area contributed by atoms with Gasteiger partial charge in [-0.25, -0.2) is 0 Å². The smallest absolute Gasteiger partial charge is 0.0593 e. The molecule has 1 aromatic carbocycles. The molecular formula is C13H22N2O. The lowest BCUT2D eigenvalue weighted by Gasteiger charge is -2.17. The van der Waals surface area contributed by atoms with E-state index < -0.39 is 0 Å². The quantitative estimate of drug-likeness (QED) is 0.591. The maximum absolute atomic E-state index is 5.78. The fraction of sp³-hybridized carbons (Fsp3) is 0.538. The number of nitrogens with two attached hydrogens (primary N) is 1. The van der Waals surface area contributed by atoms with Crippen LogP contribution < -0.4 is 5.73 Å². The van der Waals surface area contributed by atoms with Crippen LogP contribution in [0.2, 0.25) is 0 Å². The summed E-state index contributed by atoms with van der Waals surface area (Å²) in [4.78, 5) is 2.25. The lowest BCUT2D eigenvalue weighted by molar-refractivity contribution is 0.120. The second kappa shape index (κ2) is 6.51. The highest BCUT2D eigenvalue weighted by Crippen LogP contribution is 2.13. The molecule has 2 N–H and O–H groups in total. The molecule has 0 spiro atoms. The average Bonchev–Trinajstić information content (AvgIpc) is 2.24. The topological polar surface area (TPSA) is 38.5 Å². The van der Waals surface area contributed by atoms with Gasteiger partial charge in [0.05, 0.1) is 6.61 Å². The van der Waals surface area contributed by atoms with Crippen LogP contribution in [0.3, 0.4) is 0 Å². The molecule has 0 aliphatic heterocycles. The summed E-state index contributed by atoms with van der Waals surface area (Å²) in [6.45, 7) is 7.53. The molecule has 0 aliphatic rings. The second-order valence-electron chi connectivity index (χ2n) is 4.13. The molecule has 1 aromatic rings. The SMILES string of the molecule is CCOCCN(C)Cc1ccc(N)c(C)c1. The van der Waals surface area contributed by atoms with E-state index in [-0.39, 0.29) is 0 Å². The Kier molecular flexibility index (Phi) is 5.29. The summed E-state index contributed by atoms with van der Waals surface area (Å²) < 4.78 is 5.32. The molecule has 3 nitrogen and oxygen atoms in total. The first-order chi connectivity index (χ1) is 7.63. The minimum absolute atomic E-state index is 0.787. The molecule has 16 heavy (non-hydrogen) atoms. The van der Waals surface area contributed by atoms with Gasteiger partial charge in [0.2, 0.25) is 0 Å². The summed E-state index contributed by atoms with van der Waals surface area (Å²) in [6.07, 6.45) is 0. The van der Waals surface area contributed by atoms with Crippen LogP contribution in [0.4, 0.5) is 5.69 Å². The van der Waals surface area contributed by atoms with Gasteiger partial charge in [-0.3, -0.25) is 4.90 Å². The van der Waals surface area contributed by atoms with Gasteiger partial charge in [0.15, 0.2) is 0 Å². The number of nitrogen functional groups attached to an aromatic ring is 1. The minimum Gasteiger partial charge on any atom is -0.399 e. The number of likely N-dealkylation sites (N-methyl/N-ethyl adjacent to an activating group) is 1. The highest BCUT2D eigenvalue weighted by molar-refractivity contribution is 5.47. The van der Waals surface area contributed by atoms with Gasteiger partial charge in [-0.05, 0) is 38.1 Å². The number of benzene rings is 1. The maximum atomic E-state index is 5.78. The third-order valence-corrected chi connectivity index (χ3v) is 2.61. The van der Waals surface area contributed by atoms with E-state index >= 15 is 0 Å². The fourth-order valence-electron chi connectivity index (χ4n) is 1.59. The highest BCUT2D eigenvalue weighted by Gasteiger charge is 2.01. The molecule has 0 bridgehead atoms. The molecule has 1 rings (SSSR count). The van der Waals surface area contributed by atoms with Gasteiger partial charge in [0.1, 0.15) is 0 Å². The van der Waals surface area contributed by atoms with Crippen LogP contribution in [-0.2, 0) is 11.3 Å². The summed E-state index contributed by atoms with van der Waals surface area (Å²) in [7, 11) is 2.10. The molecule has 0 amide bonds. The molecule has 0 saturated heterocycles. The van der Waals surface area contributed by atoms with Crippen molar-refractivity contribution < 1.29 is 4.74 Å². The predicted molar refractivity (Wildman–Crippen MR) is 68.4 cm³/mol. The molecule has 0 aromatic heterocycles. The normalized spacial score (nSPS) is 11.0. The Balaban J connectivity index is 2.43. The third kappa shape index (κ3) is 4.21. The summed E-state index contributed by atoms with van der Waals surface area (Å²) >= 11 is 0. The van der Waals surface area contributed by atoms with Crippen molar-refractivity contribution >= 4 is 5.69 Å². The van der Waals surface area contributed by atoms with Crippen molar-refractivity contribution in [3.8, 4) is 0 Å². The van der Waals surface area contributed by atoms with Crippen molar-refractivity contribution in [3.05, 3.63) is 29.3 Å². The summed E-state index contributed by atoms with van der Waals surface area (Å²) in [5.41, 5.74) is 9.09. The van der Waals surface area contributed by atoms with Crippen LogP contribution in [0, 0.1) is 6.92 Å². The molecule has 0 radical (unpaired) electrons. The molecule has 3 heteroatoms. The standard InChI is InChI=1S/C13H22N2O/c1-4-16-8-7-15(3)10-12-5-6-13(14)11(2)9-12/h5-6,9H,4,7-8,10,14H2,1-3H3. The van der Waals surface area contributed by atoms with E-state index in [2.05, 4.69) is 24.1 Å². The van der Waals surface area contributed by atoms with Gasteiger partial charge in [-0.15, -0.1) is 0 Å². The van der Waals surface area contributed by atoms with Crippen LogP contribution in [-0.4, -0.2) is 31.7 Å². The molecule has 0 atom stereocenters. The lowest BCUT2D eigenvalue weighted by atomic mass is 10.1. The molecular weight excluding hydrogens is 200 g/mol. The van der Waals surface area contributed by atoms with Crippen molar-refractivity contribution in [2.45, 2.75) is 20.4 Å². The lowest BCUT2D eigenvalue weighted by Crippen LogP contribution is -2.22. The summed E-state index contributed by atoms with van der Waals surface area (Å²) in [5.74, 6) is 0. The zero-order chi connectivity index (χ0) is 12.0. The predicted octanol–water partition coefficient (Wildman–Crippen LogP) is 2.05. The van der Waals surface area contributed by atoms with Gasteiger partial charge >= 0.3 is 0 Å². The van der Waals surface area contributed by atoms with Crippen molar-refractivity contribution in [2.24, 2.45) is 0 Å². The van der Waals surface area contributed by atoms with Crippen LogP contribution in [0.25, 0.3) is 0 Å². The number of nitrogens with zero attached hydrogens (tertiary/aromatic N) is 1. The van der Waals surface area contributed by atoms with Crippen molar-refractivity contribution in [1.82, 2.24) is 4.90 Å². The molecule has 0 heterocycles. The van der Waals surface area contributed by atoms with E-state index in [4.69, 9.17) is 10.5 Å². The van der Waals surface area contributed by atoms with E-state index in [1.54, 1.807) is 0 Å². The first-order valence-corrected chi connectivity index (χ1v) is 5.74. The van der Waals surface area contributed by atoms with Crippen LogP contribution in [0.5, 0.6) is 0 Å². The highest BCUT2D eigenvalue weighted by atomic mass is 16.5. The van der Waals surface area contributed by atoms with E-state index in [1.807, 2.05) is 19.9 Å². The summed E-state index contributed by atoms with van der Waals surface area (Å²) in [5, 5.41) is 0. The first kappa shape index (κ1) is 13.0. The van der Waals surface area contributed by atoms with Crippen molar-refractivity contribution in [3.63, 3.8) is 0 Å². The average molecular weight is 222 g/mol. The number of ether oxygens (including phenoxy) is 1. The monoisotopic (exact) mass is 222 g/mol. The van der Waals surface area contributed by atoms with Gasteiger partial charge < -0.3 is 10.5 Å². The van der Waals surface area contributed by atoms with Crippen LogP contribution in [0.1, 0.15) is 18.1 Å². The molecule has 0 aliphatic carbocycles. The maximum Gasteiger partial charge on any atom is 0.0593 e.